The summed E-state index contributed by atoms with van der Waals surface area (Å²) in [6.45, 7) is 0. The van der Waals surface area contributed by atoms with Gasteiger partial charge in [-0.15, -0.1) is 0 Å². The van der Waals surface area contributed by atoms with Crippen LogP contribution in [0.4, 0.5) is 10.2 Å². The summed E-state index contributed by atoms with van der Waals surface area (Å²) in [5.41, 5.74) is 2.79. The molecule has 170 valence electrons. The zero-order valence-corrected chi connectivity index (χ0v) is 19.1. The molecule has 0 saturated heterocycles. The standard InChI is InChI=1S/C26H21FN4O2S/c1-34(32,33)31-25-6-2-5-24(30-25)16-26(22-4-3-15-29-18-22,21-11-13-23(27)14-12-21)20-9-7-19(17-28)8-10-20/h2-15,18H,16H2,1H3,(H,30,31). The highest BCUT2D eigenvalue weighted by Crippen LogP contribution is 2.42. The quantitative estimate of drug-likeness (QED) is 0.429. The maximum absolute atomic E-state index is 13.9. The summed E-state index contributed by atoms with van der Waals surface area (Å²) in [4.78, 5) is 8.86. The van der Waals surface area contributed by atoms with Crippen LogP contribution < -0.4 is 4.72 Å². The highest BCUT2D eigenvalue weighted by atomic mass is 32.2. The van der Waals surface area contributed by atoms with E-state index in [0.29, 0.717) is 17.7 Å². The lowest BCUT2D eigenvalue weighted by Gasteiger charge is -2.35. The van der Waals surface area contributed by atoms with Gasteiger partial charge in [0.1, 0.15) is 11.6 Å². The molecule has 2 aromatic carbocycles. The van der Waals surface area contributed by atoms with Gasteiger partial charge < -0.3 is 0 Å². The summed E-state index contributed by atoms with van der Waals surface area (Å²) < 4.78 is 39.8. The molecule has 0 aliphatic heterocycles. The van der Waals surface area contributed by atoms with E-state index in [-0.39, 0.29) is 11.6 Å². The molecule has 2 aromatic heterocycles. The molecular formula is C26H21FN4O2S. The van der Waals surface area contributed by atoms with Crippen molar-refractivity contribution in [1.82, 2.24) is 9.97 Å². The average molecular weight is 473 g/mol. The Hall–Kier alpha value is -4.09. The number of rotatable bonds is 7. The Kier molecular flexibility index (Phi) is 6.39. The molecule has 0 spiro atoms. The number of halogens is 1. The van der Waals surface area contributed by atoms with Gasteiger partial charge in [0.2, 0.25) is 10.0 Å². The normalized spacial score (nSPS) is 13.0. The maximum atomic E-state index is 13.9. The zero-order chi connectivity index (χ0) is 24.2. The third-order valence-electron chi connectivity index (χ3n) is 5.54. The number of nitriles is 1. The molecule has 0 amide bonds. The van der Waals surface area contributed by atoms with E-state index in [1.807, 2.05) is 30.3 Å². The van der Waals surface area contributed by atoms with Gasteiger partial charge >= 0.3 is 0 Å². The topological polar surface area (TPSA) is 95.7 Å². The van der Waals surface area contributed by atoms with Crippen LogP contribution >= 0.6 is 0 Å². The van der Waals surface area contributed by atoms with Crippen molar-refractivity contribution >= 4 is 15.8 Å². The Balaban J connectivity index is 1.95. The molecule has 0 saturated carbocycles. The largest absolute Gasteiger partial charge is 0.268 e. The van der Waals surface area contributed by atoms with Gasteiger partial charge in [0, 0.05) is 24.5 Å². The Labute approximate surface area is 197 Å². The van der Waals surface area contributed by atoms with Gasteiger partial charge in [-0.3, -0.25) is 9.71 Å². The minimum atomic E-state index is -3.50. The summed E-state index contributed by atoms with van der Waals surface area (Å²) >= 11 is 0. The van der Waals surface area contributed by atoms with E-state index in [1.165, 1.54) is 12.1 Å². The van der Waals surface area contributed by atoms with Crippen LogP contribution in [-0.4, -0.2) is 24.6 Å². The SMILES string of the molecule is CS(=O)(=O)Nc1cccc(CC(c2ccc(F)cc2)(c2ccc(C#N)cc2)c2cccnc2)n1. The first-order valence-electron chi connectivity index (χ1n) is 10.4. The average Bonchev–Trinajstić information content (AvgIpc) is 2.83. The lowest BCUT2D eigenvalue weighted by molar-refractivity contribution is 0.592. The van der Waals surface area contributed by atoms with Crippen molar-refractivity contribution in [2.45, 2.75) is 11.8 Å². The third-order valence-corrected chi connectivity index (χ3v) is 6.12. The first-order chi connectivity index (χ1) is 16.3. The summed E-state index contributed by atoms with van der Waals surface area (Å²) in [5, 5.41) is 9.29. The maximum Gasteiger partial charge on any atom is 0.230 e. The fourth-order valence-electron chi connectivity index (χ4n) is 4.08. The van der Waals surface area contributed by atoms with Crippen molar-refractivity contribution in [3.05, 3.63) is 125 Å². The third kappa shape index (κ3) is 4.95. The summed E-state index contributed by atoms with van der Waals surface area (Å²) in [7, 11) is -3.50. The second-order valence-electron chi connectivity index (χ2n) is 7.91. The van der Waals surface area contributed by atoms with Gasteiger partial charge in [0.25, 0.3) is 0 Å². The fraction of sp³-hybridized carbons (Fsp3) is 0.115. The van der Waals surface area contributed by atoms with Crippen LogP contribution in [0.3, 0.4) is 0 Å². The predicted octanol–water partition coefficient (Wildman–Crippen LogP) is 4.44. The highest BCUT2D eigenvalue weighted by molar-refractivity contribution is 7.92. The molecule has 0 radical (unpaired) electrons. The molecule has 0 fully saturated rings. The molecule has 34 heavy (non-hydrogen) atoms. The molecule has 6 nitrogen and oxygen atoms in total. The summed E-state index contributed by atoms with van der Waals surface area (Å²) in [5.74, 6) is -0.153. The lowest BCUT2D eigenvalue weighted by atomic mass is 9.67. The molecule has 1 unspecified atom stereocenters. The Morgan fingerprint density at radius 3 is 2.21 bits per heavy atom. The lowest BCUT2D eigenvalue weighted by Crippen LogP contribution is -2.33. The van der Waals surface area contributed by atoms with Gasteiger partial charge in [-0.2, -0.15) is 5.26 Å². The zero-order valence-electron chi connectivity index (χ0n) is 18.3. The van der Waals surface area contributed by atoms with Crippen molar-refractivity contribution in [1.29, 1.82) is 5.26 Å². The molecule has 1 atom stereocenters. The fourth-order valence-corrected chi connectivity index (χ4v) is 4.58. The molecule has 0 bridgehead atoms. The monoisotopic (exact) mass is 472 g/mol. The smallest absolute Gasteiger partial charge is 0.230 e. The molecule has 8 heteroatoms. The van der Waals surface area contributed by atoms with E-state index < -0.39 is 15.4 Å². The van der Waals surface area contributed by atoms with Gasteiger partial charge in [0.05, 0.1) is 23.3 Å². The first kappa shape index (κ1) is 23.1. The van der Waals surface area contributed by atoms with Crippen molar-refractivity contribution in [2.75, 3.05) is 11.0 Å². The van der Waals surface area contributed by atoms with Crippen LogP contribution in [0.25, 0.3) is 0 Å². The number of hydrogen-bond acceptors (Lipinski definition) is 5. The number of anilines is 1. The second kappa shape index (κ2) is 9.41. The predicted molar refractivity (Wildman–Crippen MR) is 128 cm³/mol. The number of sulfonamides is 1. The Morgan fingerprint density at radius 1 is 0.941 bits per heavy atom. The number of aromatic nitrogens is 2. The van der Waals surface area contributed by atoms with Crippen molar-refractivity contribution in [2.24, 2.45) is 0 Å². The summed E-state index contributed by atoms with van der Waals surface area (Å²) in [6.07, 6.45) is 4.82. The Morgan fingerprint density at radius 2 is 1.62 bits per heavy atom. The van der Waals surface area contributed by atoms with Crippen LogP contribution in [-0.2, 0) is 21.9 Å². The van der Waals surface area contributed by atoms with E-state index >= 15 is 0 Å². The number of pyridine rings is 2. The molecule has 0 aliphatic carbocycles. The van der Waals surface area contributed by atoms with E-state index in [1.54, 1.807) is 48.8 Å². The van der Waals surface area contributed by atoms with Crippen LogP contribution in [0, 0.1) is 17.1 Å². The van der Waals surface area contributed by atoms with Crippen molar-refractivity contribution < 1.29 is 12.8 Å². The van der Waals surface area contributed by atoms with Crippen LogP contribution in [0.15, 0.2) is 91.3 Å². The van der Waals surface area contributed by atoms with Gasteiger partial charge in [0.15, 0.2) is 0 Å². The number of hydrogen-bond donors (Lipinski definition) is 1. The number of nitrogens with one attached hydrogen (secondary N) is 1. The molecule has 2 heterocycles. The van der Waals surface area contributed by atoms with E-state index in [9.17, 15) is 18.1 Å². The summed E-state index contributed by atoms with van der Waals surface area (Å²) in [6, 6.07) is 24.5. The van der Waals surface area contributed by atoms with Gasteiger partial charge in [-0.1, -0.05) is 36.4 Å². The molecular weight excluding hydrogens is 451 g/mol. The highest BCUT2D eigenvalue weighted by Gasteiger charge is 2.37. The van der Waals surface area contributed by atoms with Crippen LogP contribution in [0.1, 0.15) is 27.9 Å². The van der Waals surface area contributed by atoms with Gasteiger partial charge in [-0.05, 0) is 59.2 Å². The second-order valence-corrected chi connectivity index (χ2v) is 9.66. The molecule has 4 rings (SSSR count). The van der Waals surface area contributed by atoms with Crippen molar-refractivity contribution in [3.8, 4) is 6.07 Å². The van der Waals surface area contributed by atoms with Crippen molar-refractivity contribution in [3.63, 3.8) is 0 Å². The van der Waals surface area contributed by atoms with Crippen LogP contribution in [0.5, 0.6) is 0 Å². The Bertz CT molecular complexity index is 1440. The molecule has 0 aliphatic rings. The number of benzene rings is 2. The first-order valence-corrected chi connectivity index (χ1v) is 12.3. The minimum absolute atomic E-state index is 0.207. The molecule has 4 aromatic rings. The number of nitrogens with zero attached hydrogens (tertiary/aromatic N) is 3. The molecule has 1 N–H and O–H groups in total. The van der Waals surface area contributed by atoms with E-state index in [4.69, 9.17) is 0 Å². The van der Waals surface area contributed by atoms with Crippen LogP contribution in [0.2, 0.25) is 0 Å². The minimum Gasteiger partial charge on any atom is -0.268 e. The van der Waals surface area contributed by atoms with E-state index in [2.05, 4.69) is 20.8 Å². The van der Waals surface area contributed by atoms with Gasteiger partial charge in [-0.25, -0.2) is 17.8 Å². The van der Waals surface area contributed by atoms with E-state index in [0.717, 1.165) is 22.9 Å².